The molecule has 0 fully saturated rings. The summed E-state index contributed by atoms with van der Waals surface area (Å²) in [6.45, 7) is 0. The second-order valence-electron chi connectivity index (χ2n) is 3.41. The highest BCUT2D eigenvalue weighted by molar-refractivity contribution is 7.21. The lowest BCUT2D eigenvalue weighted by molar-refractivity contribution is 0.0956. The van der Waals surface area contributed by atoms with E-state index in [1.54, 1.807) is 12.1 Å². The number of fused-ring (bicyclic) bond motifs is 1. The number of carbonyl (C=O) groups is 1. The topological polar surface area (TPSA) is 76.7 Å². The van der Waals surface area contributed by atoms with Crippen LogP contribution in [-0.2, 0) is 0 Å². The Balaban J connectivity index is 2.38. The van der Waals surface area contributed by atoms with E-state index in [4.69, 9.17) is 22.1 Å². The molecular weight excluding hydrogens is 270 g/mol. The highest BCUT2D eigenvalue weighted by atomic mass is 35.5. The van der Waals surface area contributed by atoms with Crippen molar-refractivity contribution >= 4 is 38.9 Å². The Kier molecular flexibility index (Phi) is 3.47. The van der Waals surface area contributed by atoms with Gasteiger partial charge in [-0.3, -0.25) is 4.79 Å². The lowest BCUT2D eigenvalue weighted by Crippen LogP contribution is -2.32. The maximum Gasteiger partial charge on any atom is 0.264 e. The van der Waals surface area contributed by atoms with Crippen LogP contribution in [0.15, 0.2) is 24.3 Å². The summed E-state index contributed by atoms with van der Waals surface area (Å²) < 4.78 is 0.887. The summed E-state index contributed by atoms with van der Waals surface area (Å²) >= 11 is 7.34. The number of hydrogen-bond acceptors (Lipinski definition) is 4. The number of amides is 1. The van der Waals surface area contributed by atoms with E-state index in [1.807, 2.05) is 24.3 Å². The first-order valence-corrected chi connectivity index (χ1v) is 6.14. The van der Waals surface area contributed by atoms with Crippen LogP contribution in [0.3, 0.4) is 0 Å². The zero-order chi connectivity index (χ0) is 13.1. The number of hydrogen-bond donors (Lipinski definition) is 1. The van der Waals surface area contributed by atoms with Crippen molar-refractivity contribution in [3.05, 3.63) is 34.2 Å². The summed E-state index contributed by atoms with van der Waals surface area (Å²) in [5.74, 6) is -0.505. The third kappa shape index (κ3) is 2.14. The molecule has 1 N–H and O–H groups in total. The molecule has 0 spiro atoms. The minimum Gasteiger partial charge on any atom is -0.324 e. The average molecular weight is 276 g/mol. The Hall–Kier alpha value is -2.08. The fourth-order valence-corrected chi connectivity index (χ4v) is 2.87. The average Bonchev–Trinajstić information content (AvgIpc) is 2.74. The molecule has 2 aromatic rings. The number of benzene rings is 1. The predicted octanol–water partition coefficient (Wildman–Crippen LogP) is 2.70. The molecule has 0 saturated heterocycles. The number of halogens is 1. The monoisotopic (exact) mass is 275 g/mol. The molecule has 1 amide bonds. The van der Waals surface area contributed by atoms with Crippen LogP contribution in [0.2, 0.25) is 5.02 Å². The smallest absolute Gasteiger partial charge is 0.264 e. The minimum absolute atomic E-state index is 0.313. The summed E-state index contributed by atoms with van der Waals surface area (Å²) in [6.07, 6.45) is 0. The van der Waals surface area contributed by atoms with Crippen molar-refractivity contribution < 1.29 is 4.79 Å². The van der Waals surface area contributed by atoms with Crippen molar-refractivity contribution in [1.29, 1.82) is 10.5 Å². The molecule has 0 aliphatic carbocycles. The van der Waals surface area contributed by atoms with E-state index < -0.39 is 11.9 Å². The molecule has 0 unspecified atom stereocenters. The molecule has 0 atom stereocenters. The molecule has 0 aliphatic heterocycles. The molecule has 0 aliphatic rings. The van der Waals surface area contributed by atoms with Gasteiger partial charge in [-0.25, -0.2) is 0 Å². The van der Waals surface area contributed by atoms with Crippen molar-refractivity contribution in [3.8, 4) is 12.1 Å². The van der Waals surface area contributed by atoms with Crippen LogP contribution >= 0.6 is 22.9 Å². The molecule has 0 radical (unpaired) electrons. The fraction of sp³-hybridized carbons (Fsp3) is 0.0833. The van der Waals surface area contributed by atoms with E-state index in [-0.39, 0.29) is 0 Å². The summed E-state index contributed by atoms with van der Waals surface area (Å²) in [5.41, 5.74) is 0. The van der Waals surface area contributed by atoms with Gasteiger partial charge < -0.3 is 5.32 Å². The molecular formula is C12H6ClN3OS. The van der Waals surface area contributed by atoms with Gasteiger partial charge in [0.15, 0.2) is 0 Å². The second kappa shape index (κ2) is 5.05. The Bertz CT molecular complexity index is 681. The van der Waals surface area contributed by atoms with Gasteiger partial charge in [-0.15, -0.1) is 11.3 Å². The molecule has 18 heavy (non-hydrogen) atoms. The fourth-order valence-electron chi connectivity index (χ4n) is 1.45. The lowest BCUT2D eigenvalue weighted by atomic mass is 10.2. The van der Waals surface area contributed by atoms with Crippen LogP contribution in [0, 0.1) is 22.7 Å². The minimum atomic E-state index is -1.17. The molecule has 0 saturated carbocycles. The van der Waals surface area contributed by atoms with Gasteiger partial charge in [0, 0.05) is 10.1 Å². The van der Waals surface area contributed by atoms with Gasteiger partial charge in [0.2, 0.25) is 6.04 Å². The van der Waals surface area contributed by atoms with Crippen LogP contribution in [0.25, 0.3) is 10.1 Å². The van der Waals surface area contributed by atoms with Crippen LogP contribution in [0.1, 0.15) is 9.67 Å². The van der Waals surface area contributed by atoms with Crippen molar-refractivity contribution in [1.82, 2.24) is 5.32 Å². The van der Waals surface area contributed by atoms with Gasteiger partial charge in [-0.05, 0) is 6.07 Å². The first kappa shape index (κ1) is 12.4. The maximum atomic E-state index is 11.9. The summed E-state index contributed by atoms with van der Waals surface area (Å²) in [7, 11) is 0. The second-order valence-corrected chi connectivity index (χ2v) is 4.84. The van der Waals surface area contributed by atoms with Crippen molar-refractivity contribution in [3.63, 3.8) is 0 Å². The molecule has 88 valence electrons. The summed E-state index contributed by atoms with van der Waals surface area (Å²) in [4.78, 5) is 12.2. The molecule has 4 nitrogen and oxygen atoms in total. The van der Waals surface area contributed by atoms with E-state index in [0.717, 1.165) is 10.1 Å². The van der Waals surface area contributed by atoms with Gasteiger partial charge >= 0.3 is 0 Å². The quantitative estimate of drug-likeness (QED) is 0.915. The van der Waals surface area contributed by atoms with Crippen LogP contribution in [0.5, 0.6) is 0 Å². The van der Waals surface area contributed by atoms with Crippen LogP contribution in [0.4, 0.5) is 0 Å². The molecule has 1 heterocycles. The van der Waals surface area contributed by atoms with E-state index in [1.165, 1.54) is 11.3 Å². The van der Waals surface area contributed by atoms with Gasteiger partial charge in [0.05, 0.1) is 5.02 Å². The third-order valence-corrected chi connectivity index (χ3v) is 3.95. The van der Waals surface area contributed by atoms with Crippen LogP contribution < -0.4 is 5.32 Å². The van der Waals surface area contributed by atoms with E-state index >= 15 is 0 Å². The van der Waals surface area contributed by atoms with Crippen LogP contribution in [-0.4, -0.2) is 11.9 Å². The van der Waals surface area contributed by atoms with E-state index in [2.05, 4.69) is 5.32 Å². The molecule has 1 aromatic carbocycles. The number of nitriles is 2. The number of nitrogens with zero attached hydrogens (tertiary/aromatic N) is 2. The van der Waals surface area contributed by atoms with Gasteiger partial charge in [0.1, 0.15) is 17.0 Å². The standard InChI is InChI=1S/C12H6ClN3OS/c13-10-8-3-1-2-4-9(8)18-11(10)12(17)16-7(5-14)6-15/h1-4,7H,(H,16,17). The zero-order valence-electron chi connectivity index (χ0n) is 8.98. The Morgan fingerprint density at radius 1 is 1.33 bits per heavy atom. The number of carbonyl (C=O) groups excluding carboxylic acids is 1. The van der Waals surface area contributed by atoms with Crippen molar-refractivity contribution in [2.75, 3.05) is 0 Å². The largest absolute Gasteiger partial charge is 0.324 e. The SMILES string of the molecule is N#CC(C#N)NC(=O)c1sc2ccccc2c1Cl. The summed E-state index contributed by atoms with van der Waals surface area (Å²) in [5, 5.41) is 20.7. The highest BCUT2D eigenvalue weighted by Crippen LogP contribution is 2.34. The Morgan fingerprint density at radius 2 is 2.00 bits per heavy atom. The van der Waals surface area contributed by atoms with E-state index in [0.29, 0.717) is 9.90 Å². The van der Waals surface area contributed by atoms with Crippen molar-refractivity contribution in [2.24, 2.45) is 0 Å². The van der Waals surface area contributed by atoms with Gasteiger partial charge in [-0.2, -0.15) is 10.5 Å². The highest BCUT2D eigenvalue weighted by Gasteiger charge is 2.19. The predicted molar refractivity (Wildman–Crippen MR) is 69.3 cm³/mol. The molecule has 2 rings (SSSR count). The summed E-state index contributed by atoms with van der Waals surface area (Å²) in [6, 6.07) is 9.53. The van der Waals surface area contributed by atoms with Crippen molar-refractivity contribution in [2.45, 2.75) is 6.04 Å². The molecule has 1 aromatic heterocycles. The number of rotatable bonds is 2. The molecule has 0 bridgehead atoms. The number of nitrogens with one attached hydrogen (secondary N) is 1. The van der Waals surface area contributed by atoms with Gasteiger partial charge in [0.25, 0.3) is 5.91 Å². The van der Waals surface area contributed by atoms with Gasteiger partial charge in [-0.1, -0.05) is 29.8 Å². The third-order valence-electron chi connectivity index (χ3n) is 2.27. The Morgan fingerprint density at radius 3 is 2.61 bits per heavy atom. The van der Waals surface area contributed by atoms with E-state index in [9.17, 15) is 4.79 Å². The lowest BCUT2D eigenvalue weighted by Gasteiger charge is -2.02. The Labute approximate surface area is 112 Å². The zero-order valence-corrected chi connectivity index (χ0v) is 10.5. The first-order valence-electron chi connectivity index (χ1n) is 4.94. The first-order chi connectivity index (χ1) is 8.67. The number of thiophene rings is 1. The normalized spacial score (nSPS) is 10.0. The maximum absolute atomic E-state index is 11.9. The molecule has 6 heteroatoms.